The molecule has 25 heavy (non-hydrogen) atoms. The van der Waals surface area contributed by atoms with Crippen molar-refractivity contribution in [3.63, 3.8) is 0 Å². The van der Waals surface area contributed by atoms with Gasteiger partial charge in [0.2, 0.25) is 0 Å². The van der Waals surface area contributed by atoms with Crippen LogP contribution in [0, 0.1) is 13.8 Å². The second-order valence-electron chi connectivity index (χ2n) is 7.69. The lowest BCUT2D eigenvalue weighted by Crippen LogP contribution is -2.24. The molecule has 1 nitrogen and oxygen atoms in total. The van der Waals surface area contributed by atoms with E-state index < -0.39 is 0 Å². The van der Waals surface area contributed by atoms with Crippen LogP contribution in [-0.2, 0) is 0 Å². The first kappa shape index (κ1) is 22.1. The Bertz CT molecular complexity index is 438. The Morgan fingerprint density at radius 3 is 1.72 bits per heavy atom. The maximum Gasteiger partial charge on any atom is 0.0398 e. The molecule has 1 heteroatoms. The Kier molecular flexibility index (Phi) is 12.5. The molecule has 0 spiro atoms. The first-order valence-electron chi connectivity index (χ1n) is 11.0. The largest absolute Gasteiger partial charge is 0.372 e. The Balaban J connectivity index is 2.05. The lowest BCUT2D eigenvalue weighted by molar-refractivity contribution is 0.543. The molecule has 1 rings (SSSR count). The van der Waals surface area contributed by atoms with E-state index in [4.69, 9.17) is 0 Å². The summed E-state index contributed by atoms with van der Waals surface area (Å²) >= 11 is 0. The molecule has 1 aromatic carbocycles. The number of aryl methyl sites for hydroxylation is 1. The molecule has 0 fully saturated rings. The average molecular weight is 346 g/mol. The fraction of sp³-hybridized carbons (Fsp3) is 0.750. The fourth-order valence-electron chi connectivity index (χ4n) is 3.67. The Hall–Kier alpha value is -0.980. The normalized spacial score (nSPS) is 11.0. The van der Waals surface area contributed by atoms with Gasteiger partial charge in [-0.2, -0.15) is 0 Å². The molecule has 144 valence electrons. The summed E-state index contributed by atoms with van der Waals surface area (Å²) in [5.74, 6) is 0. The van der Waals surface area contributed by atoms with Gasteiger partial charge in [0.1, 0.15) is 0 Å². The Labute approximate surface area is 158 Å². The van der Waals surface area contributed by atoms with Gasteiger partial charge in [0.05, 0.1) is 0 Å². The van der Waals surface area contributed by atoms with Gasteiger partial charge in [0.15, 0.2) is 0 Å². The van der Waals surface area contributed by atoms with E-state index in [0.29, 0.717) is 0 Å². The molecule has 0 aliphatic heterocycles. The predicted molar refractivity (Wildman–Crippen MR) is 115 cm³/mol. The van der Waals surface area contributed by atoms with Gasteiger partial charge in [-0.25, -0.2) is 0 Å². The summed E-state index contributed by atoms with van der Waals surface area (Å²) in [4.78, 5) is 2.55. The number of nitrogens with zero attached hydrogens (tertiary/aromatic N) is 1. The molecule has 0 bridgehead atoms. The first-order chi connectivity index (χ1) is 12.2. The van der Waals surface area contributed by atoms with Gasteiger partial charge >= 0.3 is 0 Å². The highest BCUT2D eigenvalue weighted by molar-refractivity contribution is 5.55. The average Bonchev–Trinajstić information content (AvgIpc) is 2.62. The van der Waals surface area contributed by atoms with Crippen molar-refractivity contribution in [1.29, 1.82) is 0 Å². The van der Waals surface area contributed by atoms with Crippen molar-refractivity contribution >= 4 is 5.69 Å². The minimum absolute atomic E-state index is 1.11. The van der Waals surface area contributed by atoms with Crippen LogP contribution in [0.3, 0.4) is 0 Å². The smallest absolute Gasteiger partial charge is 0.0398 e. The standard InChI is InChI=1S/C24H43N/c1-5-7-8-9-10-11-12-13-14-15-16-17-21-25(6-2)24-20-18-19-22(3)23(24)4/h18-20H,5-17,21H2,1-4H3. The topological polar surface area (TPSA) is 3.24 Å². The van der Waals surface area contributed by atoms with E-state index in [1.165, 1.54) is 100 Å². The number of hydrogen-bond donors (Lipinski definition) is 0. The van der Waals surface area contributed by atoms with Crippen LogP contribution in [-0.4, -0.2) is 13.1 Å². The van der Waals surface area contributed by atoms with E-state index in [-0.39, 0.29) is 0 Å². The van der Waals surface area contributed by atoms with E-state index in [1.54, 1.807) is 0 Å². The minimum atomic E-state index is 1.11. The maximum absolute atomic E-state index is 2.55. The molecule has 0 amide bonds. The zero-order valence-corrected chi connectivity index (χ0v) is 17.6. The third kappa shape index (κ3) is 9.33. The molecule has 0 heterocycles. The van der Waals surface area contributed by atoms with Crippen LogP contribution >= 0.6 is 0 Å². The van der Waals surface area contributed by atoms with Gasteiger partial charge in [-0.3, -0.25) is 0 Å². The zero-order chi connectivity index (χ0) is 18.3. The van der Waals surface area contributed by atoms with E-state index in [0.717, 1.165) is 6.54 Å². The molecule has 1 aromatic rings. The molecular formula is C24H43N. The number of unbranched alkanes of at least 4 members (excludes halogenated alkanes) is 11. The summed E-state index contributed by atoms with van der Waals surface area (Å²) in [7, 11) is 0. The van der Waals surface area contributed by atoms with E-state index in [2.05, 4.69) is 50.8 Å². The number of rotatable bonds is 15. The maximum atomic E-state index is 2.55. The molecule has 0 saturated carbocycles. The van der Waals surface area contributed by atoms with Gasteiger partial charge in [-0.15, -0.1) is 0 Å². The van der Waals surface area contributed by atoms with Crippen molar-refractivity contribution < 1.29 is 0 Å². The number of anilines is 1. The lowest BCUT2D eigenvalue weighted by Gasteiger charge is -2.25. The van der Waals surface area contributed by atoms with E-state index in [9.17, 15) is 0 Å². The second-order valence-corrected chi connectivity index (χ2v) is 7.69. The van der Waals surface area contributed by atoms with Crippen LogP contribution in [0.5, 0.6) is 0 Å². The van der Waals surface area contributed by atoms with Crippen LogP contribution in [0.4, 0.5) is 5.69 Å². The second kappa shape index (κ2) is 14.2. The zero-order valence-electron chi connectivity index (χ0n) is 17.6. The molecule has 0 N–H and O–H groups in total. The summed E-state index contributed by atoms with van der Waals surface area (Å²) in [6, 6.07) is 6.70. The fourth-order valence-corrected chi connectivity index (χ4v) is 3.67. The summed E-state index contributed by atoms with van der Waals surface area (Å²) in [6.45, 7) is 11.4. The molecular weight excluding hydrogens is 302 g/mol. The van der Waals surface area contributed by atoms with Crippen LogP contribution in [0.25, 0.3) is 0 Å². The molecule has 0 aromatic heterocycles. The molecule has 0 atom stereocenters. The third-order valence-electron chi connectivity index (χ3n) is 5.58. The molecule has 0 saturated heterocycles. The highest BCUT2D eigenvalue weighted by Gasteiger charge is 2.08. The lowest BCUT2D eigenvalue weighted by atomic mass is 10.0. The van der Waals surface area contributed by atoms with Crippen molar-refractivity contribution in [2.45, 2.75) is 105 Å². The van der Waals surface area contributed by atoms with Gasteiger partial charge in [0.25, 0.3) is 0 Å². The first-order valence-corrected chi connectivity index (χ1v) is 11.0. The van der Waals surface area contributed by atoms with Crippen LogP contribution in [0.1, 0.15) is 102 Å². The number of hydrogen-bond acceptors (Lipinski definition) is 1. The van der Waals surface area contributed by atoms with Gasteiger partial charge in [0, 0.05) is 18.8 Å². The van der Waals surface area contributed by atoms with E-state index >= 15 is 0 Å². The minimum Gasteiger partial charge on any atom is -0.372 e. The van der Waals surface area contributed by atoms with Crippen molar-refractivity contribution in [3.8, 4) is 0 Å². The van der Waals surface area contributed by atoms with Crippen LogP contribution in [0.2, 0.25) is 0 Å². The van der Waals surface area contributed by atoms with Crippen LogP contribution in [0.15, 0.2) is 18.2 Å². The Morgan fingerprint density at radius 2 is 1.20 bits per heavy atom. The summed E-state index contributed by atoms with van der Waals surface area (Å²) in [5.41, 5.74) is 4.29. The summed E-state index contributed by atoms with van der Waals surface area (Å²) < 4.78 is 0. The Morgan fingerprint density at radius 1 is 0.680 bits per heavy atom. The predicted octanol–water partition coefficient (Wildman–Crippen LogP) is 7.83. The molecule has 0 unspecified atom stereocenters. The molecule has 0 aliphatic rings. The highest BCUT2D eigenvalue weighted by atomic mass is 15.1. The van der Waals surface area contributed by atoms with Gasteiger partial charge in [-0.1, -0.05) is 89.7 Å². The molecule has 0 aliphatic carbocycles. The van der Waals surface area contributed by atoms with Gasteiger partial charge in [-0.05, 0) is 44.4 Å². The monoisotopic (exact) mass is 345 g/mol. The SMILES string of the molecule is CCCCCCCCCCCCCCN(CC)c1cccc(C)c1C. The molecule has 0 radical (unpaired) electrons. The van der Waals surface area contributed by atoms with Gasteiger partial charge < -0.3 is 4.90 Å². The van der Waals surface area contributed by atoms with Crippen molar-refractivity contribution in [1.82, 2.24) is 0 Å². The van der Waals surface area contributed by atoms with E-state index in [1.807, 2.05) is 0 Å². The summed E-state index contributed by atoms with van der Waals surface area (Å²) in [5, 5.41) is 0. The quantitative estimate of drug-likeness (QED) is 0.293. The van der Waals surface area contributed by atoms with Crippen molar-refractivity contribution in [2.75, 3.05) is 18.0 Å². The number of benzene rings is 1. The third-order valence-corrected chi connectivity index (χ3v) is 5.58. The van der Waals surface area contributed by atoms with Crippen LogP contribution < -0.4 is 4.90 Å². The van der Waals surface area contributed by atoms with Crippen molar-refractivity contribution in [3.05, 3.63) is 29.3 Å². The highest BCUT2D eigenvalue weighted by Crippen LogP contribution is 2.23. The summed E-state index contributed by atoms with van der Waals surface area (Å²) in [6.07, 6.45) is 17.1. The van der Waals surface area contributed by atoms with Crippen molar-refractivity contribution in [2.24, 2.45) is 0 Å².